The number of benzene rings is 9. The molecule has 2 aromatic heterocycles. The van der Waals surface area contributed by atoms with Crippen LogP contribution in [0.5, 0.6) is 0 Å². The Hall–Kier alpha value is -7.82. The fourth-order valence-corrected chi connectivity index (χ4v) is 9.09. The number of hydrogen-bond donors (Lipinski definition) is 0. The molecule has 0 atom stereocenters. The largest absolute Gasteiger partial charge is 0.264 e. The van der Waals surface area contributed by atoms with E-state index in [2.05, 4.69) is 169 Å². The fraction of sp³-hybridized carbons (Fsp3) is 0. The average Bonchev–Trinajstić information content (AvgIpc) is 3.30. The van der Waals surface area contributed by atoms with E-state index in [1.807, 2.05) is 24.4 Å². The molecule has 0 spiro atoms. The van der Waals surface area contributed by atoms with E-state index in [0.717, 1.165) is 44.3 Å². The summed E-state index contributed by atoms with van der Waals surface area (Å²) < 4.78 is 0. The highest BCUT2D eigenvalue weighted by molar-refractivity contribution is 6.37. The Kier molecular flexibility index (Phi) is 7.20. The Bertz CT molecular complexity index is 3550. The molecular weight excluding hydrogens is 705 g/mol. The van der Waals surface area contributed by atoms with Crippen LogP contribution >= 0.6 is 0 Å². The van der Waals surface area contributed by atoms with Gasteiger partial charge in [-0.1, -0.05) is 158 Å². The van der Waals surface area contributed by atoms with Crippen LogP contribution in [-0.2, 0) is 0 Å². The maximum atomic E-state index is 5.35. The molecule has 0 bridgehead atoms. The van der Waals surface area contributed by atoms with Crippen molar-refractivity contribution in [2.75, 3.05) is 0 Å². The minimum Gasteiger partial charge on any atom is -0.264 e. The standard InChI is InChI=1S/C54H32N4/c1-2-11-33(12-3-1)37-16-6-17-39(29-37)52-56-53(58-54(57-52)46-20-5-4-19-42(46)40-18-10-28-55-32-40)41-30-38-27-26-36-14-8-22-44-43-21-7-13-34-24-25-35-15-9-23-45(50(35)48(34)43)47(31-41)51(38)49(36)44/h1-32H. The van der Waals surface area contributed by atoms with Crippen LogP contribution in [0.15, 0.2) is 194 Å². The van der Waals surface area contributed by atoms with Gasteiger partial charge in [-0.3, -0.25) is 4.98 Å². The molecule has 0 radical (unpaired) electrons. The molecule has 0 saturated carbocycles. The van der Waals surface area contributed by atoms with Crippen molar-refractivity contribution in [2.24, 2.45) is 0 Å². The van der Waals surface area contributed by atoms with Gasteiger partial charge in [0.1, 0.15) is 0 Å². The molecule has 10 aromatic carbocycles. The minimum absolute atomic E-state index is 0.605. The molecule has 0 amide bonds. The third-order valence-electron chi connectivity index (χ3n) is 11.7. The quantitative estimate of drug-likeness (QED) is 0.165. The van der Waals surface area contributed by atoms with Gasteiger partial charge in [0.15, 0.2) is 17.5 Å². The number of hydrogen-bond acceptors (Lipinski definition) is 4. The van der Waals surface area contributed by atoms with Crippen molar-refractivity contribution in [1.29, 1.82) is 0 Å². The second-order valence-corrected chi connectivity index (χ2v) is 15.0. The molecule has 0 aliphatic rings. The summed E-state index contributed by atoms with van der Waals surface area (Å²) in [4.78, 5) is 20.4. The Morgan fingerprint density at radius 1 is 0.276 bits per heavy atom. The van der Waals surface area contributed by atoms with Crippen molar-refractivity contribution >= 4 is 64.6 Å². The monoisotopic (exact) mass is 736 g/mol. The average molecular weight is 737 g/mol. The number of nitrogens with zero attached hydrogens (tertiary/aromatic N) is 4. The summed E-state index contributed by atoms with van der Waals surface area (Å²) in [5.74, 6) is 1.84. The van der Waals surface area contributed by atoms with Crippen molar-refractivity contribution in [1.82, 2.24) is 19.9 Å². The van der Waals surface area contributed by atoms with E-state index in [0.29, 0.717) is 17.5 Å². The second kappa shape index (κ2) is 12.9. The first-order chi connectivity index (χ1) is 28.7. The highest BCUT2D eigenvalue weighted by Gasteiger charge is 2.20. The summed E-state index contributed by atoms with van der Waals surface area (Å²) >= 11 is 0. The van der Waals surface area contributed by atoms with Gasteiger partial charge in [-0.25, -0.2) is 15.0 Å². The summed E-state index contributed by atoms with van der Waals surface area (Å²) in [5.41, 5.74) is 7.02. The van der Waals surface area contributed by atoms with Gasteiger partial charge >= 0.3 is 0 Å². The van der Waals surface area contributed by atoms with Crippen molar-refractivity contribution in [3.8, 4) is 56.4 Å². The summed E-state index contributed by atoms with van der Waals surface area (Å²) in [6.45, 7) is 0. The summed E-state index contributed by atoms with van der Waals surface area (Å²) in [7, 11) is 0. The van der Waals surface area contributed by atoms with Gasteiger partial charge in [0.25, 0.3) is 0 Å². The van der Waals surface area contributed by atoms with Crippen LogP contribution in [0.25, 0.3) is 121 Å². The van der Waals surface area contributed by atoms with Crippen LogP contribution in [0, 0.1) is 0 Å². The van der Waals surface area contributed by atoms with E-state index in [4.69, 9.17) is 15.0 Å². The molecule has 4 nitrogen and oxygen atoms in total. The van der Waals surface area contributed by atoms with Gasteiger partial charge in [-0.05, 0) is 106 Å². The lowest BCUT2D eigenvalue weighted by atomic mass is 9.87. The molecule has 0 N–H and O–H groups in total. The Labute approximate surface area is 334 Å². The predicted molar refractivity (Wildman–Crippen MR) is 241 cm³/mol. The van der Waals surface area contributed by atoms with E-state index < -0.39 is 0 Å². The molecule has 0 aliphatic heterocycles. The smallest absolute Gasteiger partial charge is 0.164 e. The summed E-state index contributed by atoms with van der Waals surface area (Å²) in [5, 5.41) is 14.8. The Morgan fingerprint density at radius 2 is 0.793 bits per heavy atom. The zero-order chi connectivity index (χ0) is 38.2. The molecule has 0 aliphatic carbocycles. The highest BCUT2D eigenvalue weighted by atomic mass is 15.0. The SMILES string of the molecule is c1ccc(-c2cccc(-c3nc(-c4cc5ccc6cccc7c8cccc9ccc%10cccc(c(c4)c5c67)c%10c98)nc(-c4ccccc4-c4cccnc4)n3)c2)cc1. The van der Waals surface area contributed by atoms with Crippen LogP contribution in [0.4, 0.5) is 0 Å². The van der Waals surface area contributed by atoms with Crippen LogP contribution in [0.2, 0.25) is 0 Å². The van der Waals surface area contributed by atoms with Crippen molar-refractivity contribution < 1.29 is 0 Å². The predicted octanol–water partition coefficient (Wildman–Crippen LogP) is 14.0. The van der Waals surface area contributed by atoms with Crippen molar-refractivity contribution in [2.45, 2.75) is 0 Å². The number of aromatic nitrogens is 4. The molecule has 268 valence electrons. The van der Waals surface area contributed by atoms with E-state index >= 15 is 0 Å². The maximum absolute atomic E-state index is 5.35. The lowest BCUT2D eigenvalue weighted by molar-refractivity contribution is 1.08. The second-order valence-electron chi connectivity index (χ2n) is 15.0. The summed E-state index contributed by atoms with van der Waals surface area (Å²) in [6, 6.07) is 65.0. The normalized spacial score (nSPS) is 11.8. The Morgan fingerprint density at radius 3 is 1.47 bits per heavy atom. The summed E-state index contributed by atoms with van der Waals surface area (Å²) in [6.07, 6.45) is 3.69. The molecule has 58 heavy (non-hydrogen) atoms. The van der Waals surface area contributed by atoms with Gasteiger partial charge in [0.05, 0.1) is 0 Å². The van der Waals surface area contributed by atoms with Crippen molar-refractivity contribution in [3.05, 3.63) is 194 Å². The number of rotatable bonds is 5. The lowest BCUT2D eigenvalue weighted by Crippen LogP contribution is -2.01. The maximum Gasteiger partial charge on any atom is 0.164 e. The zero-order valence-electron chi connectivity index (χ0n) is 31.3. The molecule has 2 heterocycles. The molecule has 4 heteroatoms. The van der Waals surface area contributed by atoms with Crippen LogP contribution in [0.1, 0.15) is 0 Å². The molecule has 0 fully saturated rings. The first-order valence-electron chi connectivity index (χ1n) is 19.6. The lowest BCUT2D eigenvalue weighted by Gasteiger charge is -2.17. The van der Waals surface area contributed by atoms with Crippen LogP contribution < -0.4 is 0 Å². The number of fused-ring (bicyclic) bond motifs is 2. The fourth-order valence-electron chi connectivity index (χ4n) is 9.09. The third kappa shape index (κ3) is 5.09. The first kappa shape index (κ1) is 32.4. The molecule has 12 rings (SSSR count). The van der Waals surface area contributed by atoms with Gasteiger partial charge < -0.3 is 0 Å². The molecule has 12 aromatic rings. The van der Waals surface area contributed by atoms with Crippen molar-refractivity contribution in [3.63, 3.8) is 0 Å². The van der Waals surface area contributed by atoms with Gasteiger partial charge in [0.2, 0.25) is 0 Å². The van der Waals surface area contributed by atoms with E-state index in [1.54, 1.807) is 6.20 Å². The zero-order valence-corrected chi connectivity index (χ0v) is 31.3. The van der Waals surface area contributed by atoms with Gasteiger partial charge in [-0.2, -0.15) is 0 Å². The topological polar surface area (TPSA) is 51.6 Å². The number of pyridine rings is 1. The molecule has 0 saturated heterocycles. The van der Waals surface area contributed by atoms with E-state index in [1.165, 1.54) is 59.2 Å². The Balaban J connectivity index is 1.19. The minimum atomic E-state index is 0.605. The highest BCUT2D eigenvalue weighted by Crippen LogP contribution is 2.44. The van der Waals surface area contributed by atoms with E-state index in [9.17, 15) is 0 Å². The van der Waals surface area contributed by atoms with Crippen LogP contribution in [-0.4, -0.2) is 19.9 Å². The van der Waals surface area contributed by atoms with E-state index in [-0.39, 0.29) is 0 Å². The molecular formula is C54H32N4. The van der Waals surface area contributed by atoms with Gasteiger partial charge in [-0.15, -0.1) is 0 Å². The third-order valence-corrected chi connectivity index (χ3v) is 11.7. The molecule has 0 unspecified atom stereocenters. The first-order valence-corrected chi connectivity index (χ1v) is 19.6. The van der Waals surface area contributed by atoms with Gasteiger partial charge in [0, 0.05) is 34.6 Å². The van der Waals surface area contributed by atoms with Crippen LogP contribution in [0.3, 0.4) is 0 Å².